The number of halogens is 4. The van der Waals surface area contributed by atoms with Crippen LogP contribution in [0.4, 0.5) is 17.6 Å². The molecule has 1 aromatic rings. The average Bonchev–Trinajstić information content (AvgIpc) is 2.70. The van der Waals surface area contributed by atoms with Crippen LogP contribution in [0, 0.1) is 0 Å². The van der Waals surface area contributed by atoms with Crippen LogP contribution >= 0.6 is 0 Å². The summed E-state index contributed by atoms with van der Waals surface area (Å²) in [5.74, 6) is -10.5. The van der Waals surface area contributed by atoms with E-state index < -0.39 is 42.8 Å². The van der Waals surface area contributed by atoms with Crippen LogP contribution in [0.1, 0.15) is 5.56 Å². The molecule has 0 aromatic heterocycles. The van der Waals surface area contributed by atoms with Gasteiger partial charge >= 0.3 is 83.4 Å². The standard InChI is InChI=1S/C8H8.C7H6F4O4.C4H4O4.2Na/c1-2-8-6-4-3-5-7-8;8-6(9)7(10,11)3-15-5(14)2-1-4(12)13;5-3(6)1-2-4(7)8;;/h2-7H,1H2;1-2,6H,3H2,(H,12,13);1-2H,(H,5,6)(H,7,8);;/q;;;2*+1/p-2/b;2*2-1+;;. The summed E-state index contributed by atoms with van der Waals surface area (Å²) in [7, 11) is 0. The molecule has 0 saturated heterocycles. The molecule has 0 radical (unpaired) electrons. The van der Waals surface area contributed by atoms with E-state index >= 15 is 0 Å². The Morgan fingerprint density at radius 3 is 1.73 bits per heavy atom. The van der Waals surface area contributed by atoms with E-state index in [0.29, 0.717) is 24.3 Å². The molecule has 1 aromatic carbocycles. The summed E-state index contributed by atoms with van der Waals surface area (Å²) < 4.78 is 51.0. The maximum absolute atomic E-state index is 12.1. The van der Waals surface area contributed by atoms with Crippen molar-refractivity contribution in [1.82, 2.24) is 0 Å². The topological polar surface area (TPSA) is 144 Å². The molecule has 14 heteroatoms. The molecule has 0 aliphatic carbocycles. The number of alkyl halides is 4. The van der Waals surface area contributed by atoms with E-state index in [2.05, 4.69) is 11.3 Å². The first kappa shape index (κ1) is 38.3. The van der Waals surface area contributed by atoms with Crippen molar-refractivity contribution in [1.29, 1.82) is 0 Å². The van der Waals surface area contributed by atoms with Crippen molar-refractivity contribution < 1.29 is 116 Å². The fraction of sp³-hybridized carbons (Fsp3) is 0.158. The van der Waals surface area contributed by atoms with Gasteiger partial charge in [0.2, 0.25) is 0 Å². The van der Waals surface area contributed by atoms with Gasteiger partial charge in [0.05, 0.1) is 11.9 Å². The summed E-state index contributed by atoms with van der Waals surface area (Å²) in [6.07, 6.45) is -0.675. The van der Waals surface area contributed by atoms with Gasteiger partial charge in [-0.25, -0.2) is 18.4 Å². The molecular weight excluding hydrogens is 478 g/mol. The molecule has 33 heavy (non-hydrogen) atoms. The minimum absolute atomic E-state index is 0. The van der Waals surface area contributed by atoms with Gasteiger partial charge in [0.25, 0.3) is 0 Å². The van der Waals surface area contributed by atoms with Crippen molar-refractivity contribution in [2.75, 3.05) is 6.61 Å². The first-order valence-corrected chi connectivity index (χ1v) is 7.83. The van der Waals surface area contributed by atoms with E-state index in [1.807, 2.05) is 36.4 Å². The number of aliphatic carboxylic acids is 3. The Kier molecular flexibility index (Phi) is 25.4. The Labute approximate surface area is 230 Å². The molecule has 0 unspecified atom stereocenters. The largest absolute Gasteiger partial charge is 1.00 e. The molecule has 0 atom stereocenters. The van der Waals surface area contributed by atoms with Crippen LogP contribution in [0.3, 0.4) is 0 Å². The molecule has 0 aliphatic heterocycles. The number of carboxylic acids is 3. The third-order valence-electron chi connectivity index (χ3n) is 2.48. The van der Waals surface area contributed by atoms with E-state index in [0.717, 1.165) is 0 Å². The van der Waals surface area contributed by atoms with Crippen molar-refractivity contribution in [2.24, 2.45) is 0 Å². The monoisotopic (exact) mass is 494 g/mol. The Bertz CT molecular complexity index is 784. The molecule has 0 spiro atoms. The number of rotatable bonds is 8. The number of benzene rings is 1. The molecule has 0 aliphatic rings. The number of esters is 1. The van der Waals surface area contributed by atoms with Gasteiger partial charge in [-0.1, -0.05) is 43.0 Å². The minimum atomic E-state index is -4.44. The predicted octanol–water partition coefficient (Wildman–Crippen LogP) is -5.55. The first-order chi connectivity index (χ1) is 14.3. The number of carbonyl (C=O) groups excluding carboxylic acids is 3. The van der Waals surface area contributed by atoms with Gasteiger partial charge in [-0.3, -0.25) is 0 Å². The van der Waals surface area contributed by atoms with Crippen LogP contribution in [0.25, 0.3) is 6.08 Å². The fourth-order valence-electron chi connectivity index (χ4n) is 1.14. The quantitative estimate of drug-likeness (QED) is 0.163. The van der Waals surface area contributed by atoms with Crippen LogP contribution in [0.2, 0.25) is 0 Å². The summed E-state index contributed by atoms with van der Waals surface area (Å²) in [5, 5.41) is 26.8. The van der Waals surface area contributed by atoms with Crippen molar-refractivity contribution in [3.05, 3.63) is 66.8 Å². The number of ether oxygens (including phenoxy) is 1. The van der Waals surface area contributed by atoms with E-state index in [4.69, 9.17) is 5.11 Å². The second kappa shape index (κ2) is 21.9. The van der Waals surface area contributed by atoms with Crippen LogP contribution in [-0.2, 0) is 23.9 Å². The Morgan fingerprint density at radius 1 is 0.970 bits per heavy atom. The van der Waals surface area contributed by atoms with Gasteiger partial charge < -0.3 is 29.6 Å². The molecule has 0 fully saturated rings. The average molecular weight is 494 g/mol. The zero-order chi connectivity index (χ0) is 24.4. The molecule has 0 heterocycles. The summed E-state index contributed by atoms with van der Waals surface area (Å²) in [5.41, 5.74) is 1.17. The van der Waals surface area contributed by atoms with Crippen LogP contribution in [-0.4, -0.2) is 47.9 Å². The molecule has 170 valence electrons. The van der Waals surface area contributed by atoms with Gasteiger partial charge in [0, 0.05) is 12.2 Å². The third-order valence-corrected chi connectivity index (χ3v) is 2.48. The number of hydrogen-bond donors (Lipinski definition) is 1. The second-order valence-electron chi connectivity index (χ2n) is 4.93. The van der Waals surface area contributed by atoms with Crippen LogP contribution in [0.15, 0.2) is 61.2 Å². The molecular formula is C19H16F4Na2O8. The van der Waals surface area contributed by atoms with Crippen LogP contribution in [0.5, 0.6) is 0 Å². The second-order valence-corrected chi connectivity index (χ2v) is 4.93. The van der Waals surface area contributed by atoms with E-state index in [-0.39, 0.29) is 59.1 Å². The molecule has 0 saturated carbocycles. The van der Waals surface area contributed by atoms with E-state index in [1.54, 1.807) is 0 Å². The smallest absolute Gasteiger partial charge is 0.545 e. The Morgan fingerprint density at radius 2 is 1.42 bits per heavy atom. The van der Waals surface area contributed by atoms with Crippen LogP contribution < -0.4 is 69.3 Å². The van der Waals surface area contributed by atoms with Crippen molar-refractivity contribution in [3.8, 4) is 0 Å². The SMILES string of the molecule is C=Cc1ccccc1.O=C(O)/C=C/C(=O)OCC(F)(F)C(F)F.O=C([O-])/C=C/C(=O)[O-].[Na+].[Na+]. The molecule has 0 bridgehead atoms. The summed E-state index contributed by atoms with van der Waals surface area (Å²) in [6.45, 7) is 1.83. The summed E-state index contributed by atoms with van der Waals surface area (Å²) in [4.78, 5) is 39.1. The van der Waals surface area contributed by atoms with Gasteiger partial charge in [-0.15, -0.1) is 0 Å². The fourth-order valence-corrected chi connectivity index (χ4v) is 1.14. The zero-order valence-corrected chi connectivity index (χ0v) is 21.6. The van der Waals surface area contributed by atoms with Gasteiger partial charge in [0.1, 0.15) is 0 Å². The predicted molar refractivity (Wildman–Crippen MR) is 94.4 cm³/mol. The summed E-state index contributed by atoms with van der Waals surface area (Å²) in [6, 6.07) is 10.0. The first-order valence-electron chi connectivity index (χ1n) is 7.83. The maximum atomic E-state index is 12.1. The van der Waals surface area contributed by atoms with Gasteiger partial charge in [-0.2, -0.15) is 8.78 Å². The number of carbonyl (C=O) groups is 4. The van der Waals surface area contributed by atoms with Gasteiger partial charge in [-0.05, 0) is 17.7 Å². The molecule has 1 rings (SSSR count). The Hall–Kier alpha value is -1.96. The zero-order valence-electron chi connectivity index (χ0n) is 17.6. The number of hydrogen-bond acceptors (Lipinski definition) is 7. The van der Waals surface area contributed by atoms with Crippen molar-refractivity contribution in [3.63, 3.8) is 0 Å². The van der Waals surface area contributed by atoms with Gasteiger partial charge in [0.15, 0.2) is 6.61 Å². The summed E-state index contributed by atoms with van der Waals surface area (Å²) >= 11 is 0. The molecule has 8 nitrogen and oxygen atoms in total. The van der Waals surface area contributed by atoms with E-state index in [1.165, 1.54) is 5.56 Å². The Balaban J connectivity index is -0.000000200. The normalized spacial score (nSPS) is 9.85. The van der Waals surface area contributed by atoms with Crippen molar-refractivity contribution in [2.45, 2.75) is 12.3 Å². The number of carboxylic acid groups (broad SMARTS) is 3. The maximum Gasteiger partial charge on any atom is 1.00 e. The minimum Gasteiger partial charge on any atom is -0.545 e. The molecule has 0 amide bonds. The van der Waals surface area contributed by atoms with Crippen molar-refractivity contribution >= 4 is 30.0 Å². The van der Waals surface area contributed by atoms with E-state index in [9.17, 15) is 47.0 Å². The molecule has 1 N–H and O–H groups in total. The third kappa shape index (κ3) is 26.2.